The van der Waals surface area contributed by atoms with E-state index in [0.717, 1.165) is 11.6 Å². The predicted molar refractivity (Wildman–Crippen MR) is 108 cm³/mol. The molecule has 4 nitrogen and oxygen atoms in total. The summed E-state index contributed by atoms with van der Waals surface area (Å²) in [6.07, 6.45) is -3.43. The molecule has 0 spiro atoms. The Balaban J connectivity index is 2.14. The molecule has 0 unspecified atom stereocenters. The summed E-state index contributed by atoms with van der Waals surface area (Å²) in [4.78, 5) is 18.8. The quantitative estimate of drug-likeness (QED) is 0.522. The lowest BCUT2D eigenvalue weighted by Crippen LogP contribution is -2.30. The second kappa shape index (κ2) is 8.30. The number of amides is 1. The third-order valence-electron chi connectivity index (χ3n) is 4.96. The molecular weight excluding hydrogens is 398 g/mol. The molecule has 0 atom stereocenters. The second-order valence-corrected chi connectivity index (χ2v) is 6.79. The van der Waals surface area contributed by atoms with Crippen LogP contribution in [0.15, 0.2) is 42.6 Å². The van der Waals surface area contributed by atoms with Gasteiger partial charge in [0.2, 0.25) is 0 Å². The minimum Gasteiger partial charge on any atom is -0.339 e. The van der Waals surface area contributed by atoms with Gasteiger partial charge in [0.15, 0.2) is 5.82 Å². The van der Waals surface area contributed by atoms with Gasteiger partial charge in [-0.15, -0.1) is 0 Å². The molecule has 0 aliphatic heterocycles. The van der Waals surface area contributed by atoms with Crippen molar-refractivity contribution in [2.45, 2.75) is 26.9 Å². The van der Waals surface area contributed by atoms with Gasteiger partial charge < -0.3 is 10.2 Å². The zero-order valence-corrected chi connectivity index (χ0v) is 16.8. The van der Waals surface area contributed by atoms with Crippen LogP contribution in [0.25, 0.3) is 10.8 Å². The lowest BCUT2D eigenvalue weighted by Gasteiger charge is -2.21. The molecule has 0 saturated heterocycles. The molecular formula is C22H21F4N3O. The molecule has 3 rings (SSSR count). The van der Waals surface area contributed by atoms with Crippen LogP contribution in [-0.4, -0.2) is 28.9 Å². The Labute approximate surface area is 171 Å². The van der Waals surface area contributed by atoms with E-state index >= 15 is 0 Å². The molecule has 0 fully saturated rings. The van der Waals surface area contributed by atoms with E-state index in [1.54, 1.807) is 17.0 Å². The van der Waals surface area contributed by atoms with E-state index in [9.17, 15) is 22.4 Å². The summed E-state index contributed by atoms with van der Waals surface area (Å²) in [5.74, 6) is -1.43. The van der Waals surface area contributed by atoms with E-state index in [1.807, 2.05) is 26.8 Å². The molecule has 1 N–H and O–H groups in total. The zero-order valence-electron chi connectivity index (χ0n) is 16.8. The van der Waals surface area contributed by atoms with E-state index in [1.165, 1.54) is 12.3 Å². The summed E-state index contributed by atoms with van der Waals surface area (Å²) in [5.41, 5.74) is -0.510. The van der Waals surface area contributed by atoms with E-state index < -0.39 is 17.6 Å². The van der Waals surface area contributed by atoms with Gasteiger partial charge >= 0.3 is 6.18 Å². The summed E-state index contributed by atoms with van der Waals surface area (Å²) in [7, 11) is 0. The number of nitrogens with one attached hydrogen (secondary N) is 1. The van der Waals surface area contributed by atoms with Crippen LogP contribution in [-0.2, 0) is 6.18 Å². The van der Waals surface area contributed by atoms with Crippen molar-refractivity contribution in [1.29, 1.82) is 0 Å². The molecule has 1 heterocycles. The molecule has 1 aromatic heterocycles. The molecule has 0 radical (unpaired) electrons. The van der Waals surface area contributed by atoms with Gasteiger partial charge in [0, 0.05) is 30.1 Å². The van der Waals surface area contributed by atoms with Crippen LogP contribution < -0.4 is 5.32 Å². The van der Waals surface area contributed by atoms with Crippen molar-refractivity contribution < 1.29 is 22.4 Å². The number of nitrogens with zero attached hydrogens (tertiary/aromatic N) is 2. The number of aryl methyl sites for hydroxylation is 1. The van der Waals surface area contributed by atoms with Crippen molar-refractivity contribution in [3.8, 4) is 0 Å². The average Bonchev–Trinajstić information content (AvgIpc) is 2.70. The zero-order chi connectivity index (χ0) is 22.1. The van der Waals surface area contributed by atoms with Gasteiger partial charge in [-0.3, -0.25) is 4.79 Å². The number of carbonyl (C=O) groups is 1. The number of fused-ring (bicyclic) bond motifs is 1. The Morgan fingerprint density at radius 3 is 2.40 bits per heavy atom. The first-order valence-electron chi connectivity index (χ1n) is 9.49. The van der Waals surface area contributed by atoms with Gasteiger partial charge in [0.05, 0.1) is 16.8 Å². The van der Waals surface area contributed by atoms with Gasteiger partial charge in [0.25, 0.3) is 5.91 Å². The first-order valence-corrected chi connectivity index (χ1v) is 9.49. The van der Waals surface area contributed by atoms with E-state index in [4.69, 9.17) is 0 Å². The summed E-state index contributed by atoms with van der Waals surface area (Å²) in [6.45, 7) is 6.62. The molecule has 0 aliphatic carbocycles. The smallest absolute Gasteiger partial charge is 0.339 e. The van der Waals surface area contributed by atoms with Crippen molar-refractivity contribution in [2.75, 3.05) is 18.4 Å². The summed E-state index contributed by atoms with van der Waals surface area (Å²) >= 11 is 0. The van der Waals surface area contributed by atoms with E-state index in [2.05, 4.69) is 10.3 Å². The third-order valence-corrected chi connectivity index (χ3v) is 4.96. The third kappa shape index (κ3) is 3.94. The largest absolute Gasteiger partial charge is 0.419 e. The van der Waals surface area contributed by atoms with Crippen molar-refractivity contribution >= 4 is 28.2 Å². The molecule has 0 bridgehead atoms. The standard InChI is InChI=1S/C22H21F4N3O/c1-4-29(5-2)21(30)15-12-27-20(14-9-6-8-13(3)18(14)15)28-17-11-7-10-16(19(17)23)22(24,25)26/h6-12H,4-5H2,1-3H3,(H,27,28). The molecule has 2 aromatic carbocycles. The number of alkyl halides is 3. The number of halogens is 4. The van der Waals surface area contributed by atoms with Crippen molar-refractivity contribution in [2.24, 2.45) is 0 Å². The van der Waals surface area contributed by atoms with Gasteiger partial charge in [-0.25, -0.2) is 9.37 Å². The second-order valence-electron chi connectivity index (χ2n) is 6.79. The Bertz CT molecular complexity index is 1090. The predicted octanol–water partition coefficient (Wildman–Crippen LogP) is 5.93. The number of anilines is 2. The monoisotopic (exact) mass is 419 g/mol. The first-order chi connectivity index (χ1) is 14.2. The van der Waals surface area contributed by atoms with Crippen LogP contribution in [0.3, 0.4) is 0 Å². The maximum atomic E-state index is 14.5. The summed E-state index contributed by atoms with van der Waals surface area (Å²) < 4.78 is 53.6. The Morgan fingerprint density at radius 1 is 1.10 bits per heavy atom. The highest BCUT2D eigenvalue weighted by Gasteiger charge is 2.35. The van der Waals surface area contributed by atoms with E-state index in [-0.39, 0.29) is 17.4 Å². The van der Waals surface area contributed by atoms with Crippen molar-refractivity contribution in [3.05, 3.63) is 65.1 Å². The number of rotatable bonds is 5. The molecule has 8 heteroatoms. The van der Waals surface area contributed by atoms with Crippen LogP contribution in [0.4, 0.5) is 29.1 Å². The van der Waals surface area contributed by atoms with Crippen molar-refractivity contribution in [1.82, 2.24) is 9.88 Å². The fourth-order valence-electron chi connectivity index (χ4n) is 3.40. The fraction of sp³-hybridized carbons (Fsp3) is 0.273. The van der Waals surface area contributed by atoms with Gasteiger partial charge in [-0.05, 0) is 38.5 Å². The normalized spacial score (nSPS) is 11.6. The van der Waals surface area contributed by atoms with Crippen LogP contribution in [0.5, 0.6) is 0 Å². The highest BCUT2D eigenvalue weighted by atomic mass is 19.4. The van der Waals surface area contributed by atoms with Gasteiger partial charge in [0.1, 0.15) is 5.82 Å². The summed E-state index contributed by atoms with van der Waals surface area (Å²) in [6, 6.07) is 8.29. The van der Waals surface area contributed by atoms with Gasteiger partial charge in [-0.2, -0.15) is 13.2 Å². The van der Waals surface area contributed by atoms with Gasteiger partial charge in [-0.1, -0.05) is 24.3 Å². The highest BCUT2D eigenvalue weighted by molar-refractivity contribution is 6.10. The Morgan fingerprint density at radius 2 is 1.77 bits per heavy atom. The van der Waals surface area contributed by atoms with Crippen molar-refractivity contribution in [3.63, 3.8) is 0 Å². The summed E-state index contributed by atoms with van der Waals surface area (Å²) in [5, 5.41) is 3.81. The average molecular weight is 419 g/mol. The van der Waals surface area contributed by atoms with Crippen LogP contribution in [0, 0.1) is 12.7 Å². The van der Waals surface area contributed by atoms with E-state index in [0.29, 0.717) is 35.5 Å². The van der Waals surface area contributed by atoms with Crippen LogP contribution >= 0.6 is 0 Å². The number of hydrogen-bond donors (Lipinski definition) is 1. The minimum absolute atomic E-state index is 0.169. The van der Waals surface area contributed by atoms with Crippen LogP contribution in [0.2, 0.25) is 0 Å². The highest BCUT2D eigenvalue weighted by Crippen LogP contribution is 2.36. The molecule has 0 saturated carbocycles. The van der Waals surface area contributed by atoms with Crippen LogP contribution in [0.1, 0.15) is 35.3 Å². The number of pyridine rings is 1. The maximum Gasteiger partial charge on any atom is 0.419 e. The SMILES string of the molecule is CCN(CC)C(=O)c1cnc(Nc2cccc(C(F)(F)F)c2F)c2cccc(C)c12. The molecule has 0 aliphatic rings. The number of hydrogen-bond acceptors (Lipinski definition) is 3. The number of carbonyl (C=O) groups excluding carboxylic acids is 1. The molecule has 158 valence electrons. The number of aromatic nitrogens is 1. The topological polar surface area (TPSA) is 45.2 Å². The number of benzene rings is 2. The molecule has 30 heavy (non-hydrogen) atoms. The Hall–Kier alpha value is -3.16. The fourth-order valence-corrected chi connectivity index (χ4v) is 3.40. The molecule has 1 amide bonds. The lowest BCUT2D eigenvalue weighted by molar-refractivity contribution is -0.139. The first kappa shape index (κ1) is 21.5. The molecule has 3 aromatic rings. The minimum atomic E-state index is -4.81. The maximum absolute atomic E-state index is 14.5. The lowest BCUT2D eigenvalue weighted by atomic mass is 10.0. The Kier molecular flexibility index (Phi) is 5.96.